The molecule has 0 radical (unpaired) electrons. The number of hydrogen-bond donors (Lipinski definition) is 1. The average molecular weight is 428 g/mol. The van der Waals surface area contributed by atoms with Gasteiger partial charge in [-0.15, -0.1) is 0 Å². The van der Waals surface area contributed by atoms with Crippen LogP contribution in [0.3, 0.4) is 0 Å². The molecule has 9 heteroatoms. The van der Waals surface area contributed by atoms with Crippen LogP contribution in [0.5, 0.6) is 0 Å². The first-order valence-electron chi connectivity index (χ1n) is 8.10. The van der Waals surface area contributed by atoms with Crippen molar-refractivity contribution in [2.75, 3.05) is 21.3 Å². The van der Waals surface area contributed by atoms with E-state index in [2.05, 4.69) is 5.32 Å². The van der Waals surface area contributed by atoms with E-state index in [0.29, 0.717) is 11.4 Å². The van der Waals surface area contributed by atoms with Crippen molar-refractivity contribution < 1.29 is 28.6 Å². The van der Waals surface area contributed by atoms with Crippen molar-refractivity contribution >= 4 is 41.1 Å². The highest BCUT2D eigenvalue weighted by Crippen LogP contribution is 2.43. The Kier molecular flexibility index (Phi) is 6.74. The molecule has 0 aromatic heterocycles. The molecule has 0 atom stereocenters. The van der Waals surface area contributed by atoms with E-state index in [9.17, 15) is 14.4 Å². The van der Waals surface area contributed by atoms with Crippen LogP contribution in [0.15, 0.2) is 34.7 Å². The molecule has 1 aliphatic heterocycles. The first-order valence-corrected chi connectivity index (χ1v) is 8.86. The summed E-state index contributed by atoms with van der Waals surface area (Å²) in [6.45, 7) is 3.32. The molecule has 0 fully saturated rings. The fourth-order valence-electron chi connectivity index (χ4n) is 3.18. The van der Waals surface area contributed by atoms with Gasteiger partial charge in [-0.2, -0.15) is 0 Å². The van der Waals surface area contributed by atoms with E-state index in [-0.39, 0.29) is 32.3 Å². The summed E-state index contributed by atoms with van der Waals surface area (Å²) in [4.78, 5) is 37.6. The Hall–Kier alpha value is -2.51. The Morgan fingerprint density at radius 1 is 0.857 bits per heavy atom. The predicted octanol–water partition coefficient (Wildman–Crippen LogP) is 3.36. The summed E-state index contributed by atoms with van der Waals surface area (Å²) in [6.07, 6.45) is 0. The van der Waals surface area contributed by atoms with Crippen molar-refractivity contribution in [3.8, 4) is 0 Å². The Morgan fingerprint density at radius 3 is 1.75 bits per heavy atom. The number of ether oxygens (including phenoxy) is 3. The summed E-state index contributed by atoms with van der Waals surface area (Å²) < 4.78 is 14.6. The largest absolute Gasteiger partial charge is 0.466 e. The number of halogens is 2. The van der Waals surface area contributed by atoms with Gasteiger partial charge >= 0.3 is 17.9 Å². The smallest absolute Gasteiger partial charge is 0.339 e. The number of nitrogens with one attached hydrogen (secondary N) is 1. The molecule has 0 unspecified atom stereocenters. The minimum absolute atomic E-state index is 0.0479. The molecule has 0 spiro atoms. The molecule has 1 N–H and O–H groups in total. The van der Waals surface area contributed by atoms with Crippen LogP contribution in [-0.2, 0) is 23.8 Å². The number of hydrogen-bond acceptors (Lipinski definition) is 7. The molecule has 7 nitrogen and oxygen atoms in total. The summed E-state index contributed by atoms with van der Waals surface area (Å²) in [6, 6.07) is 2.99. The van der Waals surface area contributed by atoms with Gasteiger partial charge in [-0.3, -0.25) is 0 Å². The lowest BCUT2D eigenvalue weighted by atomic mass is 9.78. The second-order valence-corrected chi connectivity index (χ2v) is 6.72. The van der Waals surface area contributed by atoms with Gasteiger partial charge in [0.15, 0.2) is 0 Å². The lowest BCUT2D eigenvalue weighted by Gasteiger charge is -2.31. The van der Waals surface area contributed by atoms with Gasteiger partial charge in [-0.25, -0.2) is 14.4 Å². The number of carbonyl (C=O) groups is 3. The van der Waals surface area contributed by atoms with Gasteiger partial charge in [0.1, 0.15) is 0 Å². The zero-order valence-electron chi connectivity index (χ0n) is 15.9. The zero-order chi connectivity index (χ0) is 21.2. The summed E-state index contributed by atoms with van der Waals surface area (Å²) in [5, 5.41) is 3.06. The number of dihydropyridines is 1. The van der Waals surface area contributed by atoms with Gasteiger partial charge in [-0.05, 0) is 25.5 Å². The Labute approximate surface area is 172 Å². The number of benzene rings is 1. The fraction of sp³-hybridized carbons (Fsp3) is 0.316. The van der Waals surface area contributed by atoms with Crippen molar-refractivity contribution in [1.29, 1.82) is 0 Å². The minimum atomic E-state index is -0.981. The summed E-state index contributed by atoms with van der Waals surface area (Å²) in [5.74, 6) is -3.09. The third-order valence-corrected chi connectivity index (χ3v) is 5.20. The molecule has 0 saturated carbocycles. The number of allylic oxidation sites excluding steroid dienone is 2. The van der Waals surface area contributed by atoms with Crippen molar-refractivity contribution in [3.63, 3.8) is 0 Å². The lowest BCUT2D eigenvalue weighted by Crippen LogP contribution is -2.32. The number of carbonyl (C=O) groups excluding carboxylic acids is 3. The van der Waals surface area contributed by atoms with Gasteiger partial charge in [0.25, 0.3) is 0 Å². The summed E-state index contributed by atoms with van der Waals surface area (Å²) in [5.41, 5.74) is 1.41. The van der Waals surface area contributed by atoms with Gasteiger partial charge in [0.05, 0.1) is 54.0 Å². The highest BCUT2D eigenvalue weighted by Gasteiger charge is 2.40. The topological polar surface area (TPSA) is 90.9 Å². The Morgan fingerprint density at radius 2 is 1.32 bits per heavy atom. The molecule has 28 heavy (non-hydrogen) atoms. The molecule has 0 amide bonds. The van der Waals surface area contributed by atoms with Crippen molar-refractivity contribution in [2.45, 2.75) is 19.8 Å². The Balaban J connectivity index is 2.91. The molecule has 1 aromatic carbocycles. The number of esters is 3. The lowest BCUT2D eigenvalue weighted by molar-refractivity contribution is -0.137. The van der Waals surface area contributed by atoms with Gasteiger partial charge in [0, 0.05) is 11.4 Å². The third-order valence-electron chi connectivity index (χ3n) is 4.40. The van der Waals surface area contributed by atoms with E-state index in [4.69, 9.17) is 37.4 Å². The molecule has 150 valence electrons. The maximum absolute atomic E-state index is 12.6. The molecular weight excluding hydrogens is 409 g/mol. The molecule has 1 heterocycles. The molecule has 1 aromatic rings. The van der Waals surface area contributed by atoms with Crippen LogP contribution in [0.1, 0.15) is 35.7 Å². The van der Waals surface area contributed by atoms with Crippen LogP contribution in [0.25, 0.3) is 0 Å². The number of rotatable bonds is 4. The minimum Gasteiger partial charge on any atom is -0.466 e. The molecule has 2 rings (SSSR count). The Bertz CT molecular complexity index is 881. The normalized spacial score (nSPS) is 14.5. The maximum atomic E-state index is 12.6. The van der Waals surface area contributed by atoms with Crippen LogP contribution >= 0.6 is 23.2 Å². The van der Waals surface area contributed by atoms with Crippen LogP contribution in [-0.4, -0.2) is 39.2 Å². The van der Waals surface area contributed by atoms with Crippen molar-refractivity contribution in [1.82, 2.24) is 5.32 Å². The van der Waals surface area contributed by atoms with Crippen LogP contribution in [0.4, 0.5) is 0 Å². The second kappa shape index (κ2) is 8.67. The molecule has 1 aliphatic rings. The van der Waals surface area contributed by atoms with E-state index in [1.54, 1.807) is 13.8 Å². The van der Waals surface area contributed by atoms with E-state index in [1.807, 2.05) is 0 Å². The molecular formula is C19H19Cl2NO6. The summed E-state index contributed by atoms with van der Waals surface area (Å²) >= 11 is 12.3. The highest BCUT2D eigenvalue weighted by atomic mass is 35.5. The van der Waals surface area contributed by atoms with E-state index < -0.39 is 23.8 Å². The van der Waals surface area contributed by atoms with Gasteiger partial charge in [-0.1, -0.05) is 29.3 Å². The summed E-state index contributed by atoms with van der Waals surface area (Å²) in [7, 11) is 3.63. The highest BCUT2D eigenvalue weighted by molar-refractivity contribution is 6.44. The zero-order valence-corrected chi connectivity index (χ0v) is 17.4. The fourth-order valence-corrected chi connectivity index (χ4v) is 3.59. The third kappa shape index (κ3) is 3.72. The van der Waals surface area contributed by atoms with Crippen LogP contribution < -0.4 is 5.32 Å². The second-order valence-electron chi connectivity index (χ2n) is 5.94. The quantitative estimate of drug-likeness (QED) is 0.581. The molecule has 0 aliphatic carbocycles. The van der Waals surface area contributed by atoms with Crippen LogP contribution in [0.2, 0.25) is 10.0 Å². The van der Waals surface area contributed by atoms with Crippen molar-refractivity contribution in [2.24, 2.45) is 0 Å². The van der Waals surface area contributed by atoms with E-state index in [0.717, 1.165) is 0 Å². The number of methoxy groups -OCH3 is 3. The van der Waals surface area contributed by atoms with Crippen molar-refractivity contribution in [3.05, 3.63) is 55.8 Å². The monoisotopic (exact) mass is 427 g/mol. The predicted molar refractivity (Wildman–Crippen MR) is 103 cm³/mol. The van der Waals surface area contributed by atoms with Gasteiger partial charge < -0.3 is 19.5 Å². The first-order chi connectivity index (χ1) is 13.2. The average Bonchev–Trinajstić information content (AvgIpc) is 2.67. The maximum Gasteiger partial charge on any atom is 0.339 e. The van der Waals surface area contributed by atoms with Gasteiger partial charge in [0.2, 0.25) is 0 Å². The van der Waals surface area contributed by atoms with E-state index in [1.165, 1.54) is 33.5 Å². The molecule has 0 bridgehead atoms. The van der Waals surface area contributed by atoms with Crippen LogP contribution in [0, 0.1) is 0 Å². The molecule has 0 saturated heterocycles. The standard InChI is InChI=1S/C19H19Cl2NO6/c1-8-12(17(23)26-3)14(13(9(2)22-8)18(24)27-4)10-6-7-11(20)16(21)15(10)19(25)28-5/h6-7,14,22H,1-5H3. The van der Waals surface area contributed by atoms with E-state index >= 15 is 0 Å². The first kappa shape index (κ1) is 21.8. The SMILES string of the molecule is COC(=O)C1=C(C)NC(C)=C(C(=O)OC)C1c1ccc(Cl)c(Cl)c1C(=O)OC.